The molecule has 0 bridgehead atoms. The highest BCUT2D eigenvalue weighted by molar-refractivity contribution is 5.67. The van der Waals surface area contributed by atoms with Gasteiger partial charge < -0.3 is 20.1 Å². The van der Waals surface area contributed by atoms with Crippen LogP contribution in [0.2, 0.25) is 0 Å². The molecule has 0 atom stereocenters. The maximum atomic E-state index is 5.33. The molecule has 24 heavy (non-hydrogen) atoms. The van der Waals surface area contributed by atoms with Gasteiger partial charge in [0.05, 0.1) is 19.9 Å². The number of anilines is 4. The molecule has 6 nitrogen and oxygen atoms in total. The zero-order chi connectivity index (χ0) is 16.8. The zero-order valence-electron chi connectivity index (χ0n) is 13.5. The Kier molecular flexibility index (Phi) is 4.76. The topological polar surface area (TPSA) is 68.3 Å². The lowest BCUT2D eigenvalue weighted by atomic mass is 10.3. The Morgan fingerprint density at radius 3 is 2.21 bits per heavy atom. The molecule has 3 rings (SSSR count). The molecule has 0 spiro atoms. The van der Waals surface area contributed by atoms with Crippen molar-refractivity contribution in [3.05, 3.63) is 60.9 Å². The van der Waals surface area contributed by atoms with Gasteiger partial charge in [-0.05, 0) is 36.4 Å². The van der Waals surface area contributed by atoms with E-state index in [1.807, 2.05) is 54.6 Å². The molecule has 0 saturated carbocycles. The molecule has 0 fully saturated rings. The SMILES string of the molecule is COc1ccc(Nc2cc(Nc3ccccc3OC)ncn2)cc1. The predicted molar refractivity (Wildman–Crippen MR) is 94.6 cm³/mol. The summed E-state index contributed by atoms with van der Waals surface area (Å²) in [5, 5.41) is 6.46. The molecule has 2 aromatic carbocycles. The Labute approximate surface area is 140 Å². The number of aromatic nitrogens is 2. The smallest absolute Gasteiger partial charge is 0.142 e. The summed E-state index contributed by atoms with van der Waals surface area (Å²) in [6, 6.07) is 17.1. The minimum atomic E-state index is 0.672. The minimum absolute atomic E-state index is 0.672. The van der Waals surface area contributed by atoms with Crippen molar-refractivity contribution < 1.29 is 9.47 Å². The number of methoxy groups -OCH3 is 2. The van der Waals surface area contributed by atoms with Gasteiger partial charge >= 0.3 is 0 Å². The number of hydrogen-bond donors (Lipinski definition) is 2. The van der Waals surface area contributed by atoms with E-state index in [0.29, 0.717) is 11.6 Å². The fraction of sp³-hybridized carbons (Fsp3) is 0.111. The van der Waals surface area contributed by atoms with Gasteiger partial charge in [-0.15, -0.1) is 0 Å². The molecular weight excluding hydrogens is 304 g/mol. The molecule has 3 aromatic rings. The Balaban J connectivity index is 1.76. The molecule has 0 unspecified atom stereocenters. The lowest BCUT2D eigenvalue weighted by molar-refractivity contribution is 0.415. The highest BCUT2D eigenvalue weighted by Crippen LogP contribution is 2.27. The van der Waals surface area contributed by atoms with Gasteiger partial charge in [-0.3, -0.25) is 0 Å². The number of benzene rings is 2. The van der Waals surface area contributed by atoms with Crippen LogP contribution in [-0.2, 0) is 0 Å². The van der Waals surface area contributed by atoms with Crippen molar-refractivity contribution in [3.63, 3.8) is 0 Å². The minimum Gasteiger partial charge on any atom is -0.497 e. The molecule has 0 aliphatic carbocycles. The summed E-state index contributed by atoms with van der Waals surface area (Å²) in [5.41, 5.74) is 1.76. The van der Waals surface area contributed by atoms with Gasteiger partial charge in [0.15, 0.2) is 0 Å². The van der Waals surface area contributed by atoms with Crippen LogP contribution in [0.4, 0.5) is 23.0 Å². The van der Waals surface area contributed by atoms with E-state index in [2.05, 4.69) is 20.6 Å². The number of rotatable bonds is 6. The van der Waals surface area contributed by atoms with Gasteiger partial charge in [-0.1, -0.05) is 12.1 Å². The summed E-state index contributed by atoms with van der Waals surface area (Å²) < 4.78 is 10.5. The summed E-state index contributed by atoms with van der Waals surface area (Å²) in [6.07, 6.45) is 1.50. The third kappa shape index (κ3) is 3.73. The summed E-state index contributed by atoms with van der Waals surface area (Å²) in [4.78, 5) is 8.48. The van der Waals surface area contributed by atoms with Crippen LogP contribution in [0.25, 0.3) is 0 Å². The van der Waals surface area contributed by atoms with Gasteiger partial charge in [0.1, 0.15) is 29.5 Å². The van der Waals surface area contributed by atoms with Crippen molar-refractivity contribution in [3.8, 4) is 11.5 Å². The van der Waals surface area contributed by atoms with Crippen LogP contribution < -0.4 is 20.1 Å². The van der Waals surface area contributed by atoms with E-state index in [9.17, 15) is 0 Å². The van der Waals surface area contributed by atoms with Gasteiger partial charge in [-0.25, -0.2) is 9.97 Å². The molecule has 0 radical (unpaired) electrons. The number of nitrogens with zero attached hydrogens (tertiary/aromatic N) is 2. The maximum absolute atomic E-state index is 5.33. The average molecular weight is 322 g/mol. The quantitative estimate of drug-likeness (QED) is 0.715. The highest BCUT2D eigenvalue weighted by Gasteiger charge is 2.04. The van der Waals surface area contributed by atoms with E-state index in [1.165, 1.54) is 6.33 Å². The van der Waals surface area contributed by atoms with Crippen molar-refractivity contribution in [1.82, 2.24) is 9.97 Å². The van der Waals surface area contributed by atoms with E-state index < -0.39 is 0 Å². The second-order valence-corrected chi connectivity index (χ2v) is 4.97. The first-order valence-electron chi connectivity index (χ1n) is 7.41. The molecule has 6 heteroatoms. The Hall–Kier alpha value is -3.28. The van der Waals surface area contributed by atoms with Gasteiger partial charge in [0, 0.05) is 11.8 Å². The monoisotopic (exact) mass is 322 g/mol. The summed E-state index contributed by atoms with van der Waals surface area (Å²) in [7, 11) is 3.28. The molecule has 2 N–H and O–H groups in total. The molecule has 1 heterocycles. The lowest BCUT2D eigenvalue weighted by Gasteiger charge is -2.11. The van der Waals surface area contributed by atoms with E-state index in [4.69, 9.17) is 9.47 Å². The maximum Gasteiger partial charge on any atom is 0.142 e. The summed E-state index contributed by atoms with van der Waals surface area (Å²) in [6.45, 7) is 0. The van der Waals surface area contributed by atoms with E-state index in [0.717, 1.165) is 22.9 Å². The Morgan fingerprint density at radius 2 is 1.50 bits per heavy atom. The molecular formula is C18H18N4O2. The van der Waals surface area contributed by atoms with Gasteiger partial charge in [0.25, 0.3) is 0 Å². The lowest BCUT2D eigenvalue weighted by Crippen LogP contribution is -1.99. The zero-order valence-corrected chi connectivity index (χ0v) is 13.5. The van der Waals surface area contributed by atoms with Crippen LogP contribution in [0.5, 0.6) is 11.5 Å². The van der Waals surface area contributed by atoms with Crippen LogP contribution in [0.15, 0.2) is 60.9 Å². The fourth-order valence-corrected chi connectivity index (χ4v) is 2.20. The van der Waals surface area contributed by atoms with Crippen molar-refractivity contribution in [2.24, 2.45) is 0 Å². The standard InChI is InChI=1S/C18H18N4O2/c1-23-14-9-7-13(8-10-14)21-17-11-18(20-12-19-17)22-15-5-3-4-6-16(15)24-2/h3-12H,1-2H3,(H2,19,20,21,22). The number of hydrogen-bond acceptors (Lipinski definition) is 6. The largest absolute Gasteiger partial charge is 0.497 e. The molecule has 0 amide bonds. The Bertz CT molecular complexity index is 806. The fourth-order valence-electron chi connectivity index (χ4n) is 2.20. The van der Waals surface area contributed by atoms with Crippen LogP contribution in [0.3, 0.4) is 0 Å². The van der Waals surface area contributed by atoms with Crippen LogP contribution >= 0.6 is 0 Å². The van der Waals surface area contributed by atoms with Crippen molar-refractivity contribution in [2.75, 3.05) is 24.9 Å². The van der Waals surface area contributed by atoms with Gasteiger partial charge in [-0.2, -0.15) is 0 Å². The van der Waals surface area contributed by atoms with Crippen molar-refractivity contribution in [2.45, 2.75) is 0 Å². The number of ether oxygens (including phenoxy) is 2. The number of para-hydroxylation sites is 2. The van der Waals surface area contributed by atoms with Crippen LogP contribution in [0, 0.1) is 0 Å². The number of nitrogens with one attached hydrogen (secondary N) is 2. The van der Waals surface area contributed by atoms with Crippen molar-refractivity contribution in [1.29, 1.82) is 0 Å². The highest BCUT2D eigenvalue weighted by atomic mass is 16.5. The third-order valence-electron chi connectivity index (χ3n) is 3.40. The predicted octanol–water partition coefficient (Wildman–Crippen LogP) is 3.98. The van der Waals surface area contributed by atoms with E-state index in [1.54, 1.807) is 14.2 Å². The van der Waals surface area contributed by atoms with Crippen molar-refractivity contribution >= 4 is 23.0 Å². The van der Waals surface area contributed by atoms with E-state index >= 15 is 0 Å². The van der Waals surface area contributed by atoms with Gasteiger partial charge in [0.2, 0.25) is 0 Å². The van der Waals surface area contributed by atoms with E-state index in [-0.39, 0.29) is 0 Å². The summed E-state index contributed by atoms with van der Waals surface area (Å²) >= 11 is 0. The first-order chi connectivity index (χ1) is 11.8. The normalized spacial score (nSPS) is 10.1. The molecule has 122 valence electrons. The summed E-state index contributed by atoms with van der Waals surface area (Å²) in [5.74, 6) is 2.92. The first-order valence-corrected chi connectivity index (χ1v) is 7.41. The van der Waals surface area contributed by atoms with Crippen LogP contribution in [-0.4, -0.2) is 24.2 Å². The second-order valence-electron chi connectivity index (χ2n) is 4.97. The molecule has 1 aromatic heterocycles. The average Bonchev–Trinajstić information content (AvgIpc) is 2.63. The molecule has 0 aliphatic rings. The molecule has 0 aliphatic heterocycles. The van der Waals surface area contributed by atoms with Crippen LogP contribution in [0.1, 0.15) is 0 Å². The second kappa shape index (κ2) is 7.32. The first kappa shape index (κ1) is 15.6. The third-order valence-corrected chi connectivity index (χ3v) is 3.40. The molecule has 0 saturated heterocycles. The Morgan fingerprint density at radius 1 is 0.792 bits per heavy atom.